The molecule has 2 aliphatic heterocycles. The minimum absolute atomic E-state index is 0.0663. The van der Waals surface area contributed by atoms with E-state index in [4.69, 9.17) is 9.47 Å². The number of hydrogen-bond donors (Lipinski definition) is 1. The lowest BCUT2D eigenvalue weighted by Gasteiger charge is -2.35. The third kappa shape index (κ3) is 6.58. The van der Waals surface area contributed by atoms with Gasteiger partial charge in [-0.2, -0.15) is 0 Å². The number of pyridine rings is 2. The van der Waals surface area contributed by atoms with Crippen LogP contribution < -0.4 is 14.4 Å². The summed E-state index contributed by atoms with van der Waals surface area (Å²) in [6, 6.07) is 6.46. The van der Waals surface area contributed by atoms with E-state index >= 15 is 4.39 Å². The summed E-state index contributed by atoms with van der Waals surface area (Å²) in [4.78, 5) is 44.3. The SMILES string of the molecule is COc1ccncc1-c1cc(C2=CCCN(C(=O)CCn3ccnn3)C2)c(F)c2[nH]c(C(=O)N3CCN(c4nc(C)c(F)cc4OC)CC3)cc12. The van der Waals surface area contributed by atoms with Gasteiger partial charge in [-0.15, -0.1) is 5.10 Å². The molecule has 1 aromatic carbocycles. The summed E-state index contributed by atoms with van der Waals surface area (Å²) < 4.78 is 43.4. The molecule has 1 saturated heterocycles. The quantitative estimate of drug-likeness (QED) is 0.237. The van der Waals surface area contributed by atoms with Gasteiger partial charge in [0.15, 0.2) is 17.4 Å². The molecule has 4 aromatic heterocycles. The summed E-state index contributed by atoms with van der Waals surface area (Å²) in [6.45, 7) is 4.34. The van der Waals surface area contributed by atoms with E-state index in [2.05, 4.69) is 25.3 Å². The Balaban J connectivity index is 1.18. The van der Waals surface area contributed by atoms with Gasteiger partial charge in [-0.3, -0.25) is 19.3 Å². The van der Waals surface area contributed by atoms with Gasteiger partial charge in [-0.1, -0.05) is 11.3 Å². The zero-order chi connectivity index (χ0) is 35.6. The lowest BCUT2D eigenvalue weighted by molar-refractivity contribution is -0.131. The van der Waals surface area contributed by atoms with Crippen molar-refractivity contribution >= 4 is 34.1 Å². The summed E-state index contributed by atoms with van der Waals surface area (Å²) in [5.74, 6) is 0.0595. The molecule has 1 fully saturated rings. The molecule has 1 N–H and O–H groups in total. The van der Waals surface area contributed by atoms with Gasteiger partial charge >= 0.3 is 0 Å². The van der Waals surface area contributed by atoms with Gasteiger partial charge in [0, 0.05) is 86.9 Å². The van der Waals surface area contributed by atoms with Gasteiger partial charge in [0.2, 0.25) is 5.91 Å². The number of halogens is 2. The number of carbonyl (C=O) groups excluding carboxylic acids is 2. The van der Waals surface area contributed by atoms with Crippen LogP contribution in [0.4, 0.5) is 14.6 Å². The van der Waals surface area contributed by atoms with Crippen molar-refractivity contribution in [3.8, 4) is 22.6 Å². The van der Waals surface area contributed by atoms with Gasteiger partial charge < -0.3 is 29.2 Å². The third-order valence-electron chi connectivity index (χ3n) is 9.43. The number of H-pyrrole nitrogens is 1. The van der Waals surface area contributed by atoms with Crippen molar-refractivity contribution in [1.82, 2.24) is 39.7 Å². The number of amides is 2. The Kier molecular flexibility index (Phi) is 9.34. The number of carbonyl (C=O) groups is 2. The van der Waals surface area contributed by atoms with Crippen molar-refractivity contribution < 1.29 is 27.8 Å². The Morgan fingerprint density at radius 2 is 1.75 bits per heavy atom. The predicted molar refractivity (Wildman–Crippen MR) is 185 cm³/mol. The molecule has 15 heteroatoms. The van der Waals surface area contributed by atoms with Gasteiger partial charge in [0.1, 0.15) is 17.3 Å². The first-order valence-electron chi connectivity index (χ1n) is 16.7. The van der Waals surface area contributed by atoms with Crippen molar-refractivity contribution in [2.24, 2.45) is 0 Å². The van der Waals surface area contributed by atoms with Crippen LogP contribution >= 0.6 is 0 Å². The monoisotopic (exact) mass is 697 g/mol. The number of aromatic amines is 1. The molecule has 51 heavy (non-hydrogen) atoms. The molecule has 5 aromatic rings. The molecule has 0 aliphatic carbocycles. The molecule has 0 unspecified atom stereocenters. The number of anilines is 1. The van der Waals surface area contributed by atoms with Crippen LogP contribution in [0.2, 0.25) is 0 Å². The molecule has 0 radical (unpaired) electrons. The number of ether oxygens (including phenoxy) is 2. The van der Waals surface area contributed by atoms with Gasteiger partial charge in [-0.25, -0.2) is 13.8 Å². The summed E-state index contributed by atoms with van der Waals surface area (Å²) >= 11 is 0. The van der Waals surface area contributed by atoms with E-state index in [1.807, 2.05) is 11.0 Å². The van der Waals surface area contributed by atoms with E-state index in [0.29, 0.717) is 90.7 Å². The molecule has 2 aliphatic rings. The average molecular weight is 698 g/mol. The first-order valence-corrected chi connectivity index (χ1v) is 16.7. The highest BCUT2D eigenvalue weighted by Gasteiger charge is 2.29. The van der Waals surface area contributed by atoms with Crippen LogP contribution in [0.5, 0.6) is 11.5 Å². The second kappa shape index (κ2) is 14.2. The largest absolute Gasteiger partial charge is 0.496 e. The standard InChI is InChI=1S/C36H37F2N9O4/c1-22-28(37)19-31(51-3)35(41-22)44-13-15-45(16-14-44)36(49)29-18-26-25(27-20-39-8-6-30(27)50-2)17-24(33(38)34(26)42-29)23-5-4-10-46(21-23)32(48)7-11-47-12-9-40-43-47/h5-6,8-9,12,17-20,42H,4,7,10-11,13-16,21H2,1-3H3. The van der Waals surface area contributed by atoms with Crippen LogP contribution in [0.1, 0.15) is 34.6 Å². The lowest BCUT2D eigenvalue weighted by atomic mass is 9.93. The number of nitrogens with zero attached hydrogens (tertiary/aromatic N) is 8. The third-order valence-corrected chi connectivity index (χ3v) is 9.43. The van der Waals surface area contributed by atoms with Crippen LogP contribution in [0, 0.1) is 18.6 Å². The zero-order valence-electron chi connectivity index (χ0n) is 28.5. The molecule has 13 nitrogen and oxygen atoms in total. The highest BCUT2D eigenvalue weighted by atomic mass is 19.1. The molecule has 0 atom stereocenters. The fraction of sp³-hybridized carbons (Fsp3) is 0.333. The van der Waals surface area contributed by atoms with Crippen LogP contribution in [0.15, 0.2) is 55.1 Å². The van der Waals surface area contributed by atoms with E-state index in [9.17, 15) is 14.0 Å². The normalized spacial score (nSPS) is 14.9. The van der Waals surface area contributed by atoms with Crippen molar-refractivity contribution in [2.45, 2.75) is 26.3 Å². The topological polar surface area (TPSA) is 135 Å². The smallest absolute Gasteiger partial charge is 0.270 e. The number of rotatable bonds is 9. The number of nitrogens with one attached hydrogen (secondary N) is 1. The van der Waals surface area contributed by atoms with E-state index in [1.165, 1.54) is 13.2 Å². The number of fused-ring (bicyclic) bond motifs is 1. The van der Waals surface area contributed by atoms with Crippen molar-refractivity contribution in [3.63, 3.8) is 0 Å². The van der Waals surface area contributed by atoms with Crippen molar-refractivity contribution in [1.29, 1.82) is 0 Å². The maximum Gasteiger partial charge on any atom is 0.270 e. The van der Waals surface area contributed by atoms with Crippen LogP contribution in [-0.2, 0) is 11.3 Å². The molecule has 7 rings (SSSR count). The molecular weight excluding hydrogens is 660 g/mol. The zero-order valence-corrected chi connectivity index (χ0v) is 28.5. The summed E-state index contributed by atoms with van der Waals surface area (Å²) in [5, 5.41) is 8.21. The fourth-order valence-electron chi connectivity index (χ4n) is 6.69. The molecule has 0 spiro atoms. The summed E-state index contributed by atoms with van der Waals surface area (Å²) in [6.07, 6.45) is 9.28. The lowest BCUT2D eigenvalue weighted by Crippen LogP contribution is -2.49. The average Bonchev–Trinajstić information content (AvgIpc) is 3.86. The van der Waals surface area contributed by atoms with E-state index < -0.39 is 11.6 Å². The van der Waals surface area contributed by atoms with E-state index in [0.717, 1.165) is 0 Å². The summed E-state index contributed by atoms with van der Waals surface area (Å²) in [5.41, 5.74) is 2.91. The molecule has 6 heterocycles. The maximum atomic E-state index is 16.7. The molecular formula is C36H37F2N9O4. The Bertz CT molecular complexity index is 2120. The van der Waals surface area contributed by atoms with Gasteiger partial charge in [-0.05, 0) is 42.7 Å². The minimum Gasteiger partial charge on any atom is -0.496 e. The van der Waals surface area contributed by atoms with Crippen LogP contribution in [-0.4, -0.2) is 105 Å². The number of piperazine rings is 1. The molecule has 264 valence electrons. The molecule has 2 amide bonds. The Morgan fingerprint density at radius 1 is 0.941 bits per heavy atom. The minimum atomic E-state index is -0.520. The number of aryl methyl sites for hydroxylation is 2. The van der Waals surface area contributed by atoms with E-state index in [-0.39, 0.29) is 41.7 Å². The maximum absolute atomic E-state index is 16.7. The first kappa shape index (κ1) is 33.6. The van der Waals surface area contributed by atoms with E-state index in [1.54, 1.807) is 71.5 Å². The van der Waals surface area contributed by atoms with Crippen molar-refractivity contribution in [3.05, 3.63) is 83.7 Å². The van der Waals surface area contributed by atoms with Crippen molar-refractivity contribution in [2.75, 3.05) is 58.4 Å². The second-order valence-corrected chi connectivity index (χ2v) is 12.4. The molecule has 0 bridgehead atoms. The number of methoxy groups -OCH3 is 2. The van der Waals surface area contributed by atoms with Gasteiger partial charge in [0.25, 0.3) is 5.91 Å². The number of hydrogen-bond acceptors (Lipinski definition) is 9. The van der Waals surface area contributed by atoms with Crippen LogP contribution in [0.3, 0.4) is 0 Å². The number of aromatic nitrogens is 6. The van der Waals surface area contributed by atoms with Crippen LogP contribution in [0.25, 0.3) is 27.6 Å². The highest BCUT2D eigenvalue weighted by molar-refractivity contribution is 6.05. The van der Waals surface area contributed by atoms with Gasteiger partial charge in [0.05, 0.1) is 38.2 Å². The molecule has 0 saturated carbocycles. The summed E-state index contributed by atoms with van der Waals surface area (Å²) in [7, 11) is 3.02. The predicted octanol–water partition coefficient (Wildman–Crippen LogP) is 4.49. The highest BCUT2D eigenvalue weighted by Crippen LogP contribution is 2.40. The Morgan fingerprint density at radius 3 is 2.49 bits per heavy atom. The number of benzene rings is 1. The Hall–Kier alpha value is -5.86. The first-order chi connectivity index (χ1) is 24.7. The fourth-order valence-corrected chi connectivity index (χ4v) is 6.69. The Labute approximate surface area is 292 Å². The second-order valence-electron chi connectivity index (χ2n) is 12.4.